The van der Waals surface area contributed by atoms with Crippen molar-refractivity contribution in [3.63, 3.8) is 0 Å². The summed E-state index contributed by atoms with van der Waals surface area (Å²) in [4.78, 5) is 29.2. The van der Waals surface area contributed by atoms with Gasteiger partial charge in [-0.1, -0.05) is 26.2 Å². The largest absolute Gasteiger partial charge is 0.372 e. The molecule has 1 aromatic heterocycles. The van der Waals surface area contributed by atoms with Crippen LogP contribution in [0.15, 0.2) is 36.5 Å². The first-order chi connectivity index (χ1) is 16.4. The van der Waals surface area contributed by atoms with Crippen LogP contribution in [0.3, 0.4) is 0 Å². The molecule has 7 heteroatoms. The molecule has 0 radical (unpaired) electrons. The normalized spacial score (nSPS) is 21.3. The number of nitrogens with one attached hydrogen (secondary N) is 2. The Morgan fingerprint density at radius 1 is 1.03 bits per heavy atom. The molecule has 1 unspecified atom stereocenters. The van der Waals surface area contributed by atoms with Gasteiger partial charge in [0.15, 0.2) is 0 Å². The molecule has 34 heavy (non-hydrogen) atoms. The van der Waals surface area contributed by atoms with Crippen molar-refractivity contribution in [1.82, 2.24) is 15.1 Å². The molecule has 2 atom stereocenters. The zero-order valence-electron chi connectivity index (χ0n) is 20.4. The van der Waals surface area contributed by atoms with Crippen molar-refractivity contribution < 1.29 is 9.59 Å². The predicted molar refractivity (Wildman–Crippen MR) is 134 cm³/mol. The number of anilines is 2. The molecule has 1 saturated heterocycles. The van der Waals surface area contributed by atoms with Gasteiger partial charge in [-0.2, -0.15) is 5.10 Å². The fraction of sp³-hybridized carbons (Fsp3) is 0.593. The van der Waals surface area contributed by atoms with Crippen LogP contribution < -0.4 is 15.5 Å². The Morgan fingerprint density at radius 3 is 2.29 bits per heavy atom. The van der Waals surface area contributed by atoms with Crippen LogP contribution in [0.1, 0.15) is 68.8 Å². The smallest absolute Gasteiger partial charge is 0.270 e. The van der Waals surface area contributed by atoms with Crippen molar-refractivity contribution in [2.24, 2.45) is 24.3 Å². The number of aromatic nitrogens is 2. The minimum absolute atomic E-state index is 0.116. The summed E-state index contributed by atoms with van der Waals surface area (Å²) in [6.07, 6.45) is 11.1. The first-order valence-electron chi connectivity index (χ1n) is 12.9. The number of carbonyl (C=O) groups is 2. The molecule has 7 nitrogen and oxygen atoms in total. The second-order valence-electron chi connectivity index (χ2n) is 10.7. The second-order valence-corrected chi connectivity index (χ2v) is 10.7. The van der Waals surface area contributed by atoms with Gasteiger partial charge >= 0.3 is 0 Å². The zero-order chi connectivity index (χ0) is 23.7. The zero-order valence-corrected chi connectivity index (χ0v) is 20.4. The average Bonchev–Trinajstić information content (AvgIpc) is 3.41. The highest BCUT2D eigenvalue weighted by Gasteiger charge is 2.54. The first kappa shape index (κ1) is 22.9. The highest BCUT2D eigenvalue weighted by Crippen LogP contribution is 2.58. The summed E-state index contributed by atoms with van der Waals surface area (Å²) in [5.41, 5.74) is 2.57. The summed E-state index contributed by atoms with van der Waals surface area (Å²) in [6, 6.07) is 9.28. The van der Waals surface area contributed by atoms with E-state index in [0.29, 0.717) is 11.6 Å². The maximum Gasteiger partial charge on any atom is 0.270 e. The monoisotopic (exact) mass is 463 g/mol. The maximum atomic E-state index is 13.7. The number of carbonyl (C=O) groups excluding carboxylic acids is 2. The van der Waals surface area contributed by atoms with Crippen molar-refractivity contribution in [3.05, 3.63) is 42.2 Å². The molecule has 2 saturated carbocycles. The van der Waals surface area contributed by atoms with Crippen molar-refractivity contribution in [3.8, 4) is 0 Å². The van der Waals surface area contributed by atoms with Crippen LogP contribution in [-0.4, -0.2) is 40.7 Å². The molecule has 3 fully saturated rings. The molecular weight excluding hydrogens is 426 g/mol. The minimum atomic E-state index is -0.568. The number of rotatable bonds is 8. The summed E-state index contributed by atoms with van der Waals surface area (Å²) in [5.74, 6) is 0.267. The highest BCUT2D eigenvalue weighted by molar-refractivity contribution is 6.00. The lowest BCUT2D eigenvalue weighted by molar-refractivity contribution is -0.121. The Bertz CT molecular complexity index is 1020. The topological polar surface area (TPSA) is 79.3 Å². The van der Waals surface area contributed by atoms with E-state index in [4.69, 9.17) is 0 Å². The Kier molecular flexibility index (Phi) is 6.36. The van der Waals surface area contributed by atoms with E-state index in [1.54, 1.807) is 24.0 Å². The Morgan fingerprint density at radius 2 is 1.74 bits per heavy atom. The van der Waals surface area contributed by atoms with Crippen molar-refractivity contribution >= 4 is 23.2 Å². The number of amides is 2. The predicted octanol–water partition coefficient (Wildman–Crippen LogP) is 4.36. The molecule has 5 rings (SSSR count). The molecule has 1 aromatic carbocycles. The minimum Gasteiger partial charge on any atom is -0.372 e. The van der Waals surface area contributed by atoms with Crippen molar-refractivity contribution in [2.75, 3.05) is 23.3 Å². The van der Waals surface area contributed by atoms with Gasteiger partial charge in [0, 0.05) is 37.7 Å². The van der Waals surface area contributed by atoms with E-state index in [2.05, 4.69) is 39.7 Å². The third-order valence-corrected chi connectivity index (χ3v) is 8.34. The SMILES string of the molecule is Cn1nccc1C(=O)N[C@H](C(=O)Nc1ccc(N2CCCCC2)cc1)C(C1CCC1)C1(C)CC1. The van der Waals surface area contributed by atoms with E-state index in [1.165, 1.54) is 31.4 Å². The lowest BCUT2D eigenvalue weighted by atomic mass is 9.66. The highest BCUT2D eigenvalue weighted by atomic mass is 16.2. The Hall–Kier alpha value is -2.83. The molecule has 2 N–H and O–H groups in total. The van der Waals surface area contributed by atoms with Gasteiger partial charge in [-0.25, -0.2) is 0 Å². The third kappa shape index (κ3) is 4.70. The van der Waals surface area contributed by atoms with Crippen LogP contribution in [0.5, 0.6) is 0 Å². The first-order valence-corrected chi connectivity index (χ1v) is 12.9. The van der Waals surface area contributed by atoms with Gasteiger partial charge in [0.25, 0.3) is 5.91 Å². The second kappa shape index (κ2) is 9.43. The van der Waals surface area contributed by atoms with Gasteiger partial charge in [0.2, 0.25) is 5.91 Å². The van der Waals surface area contributed by atoms with Crippen LogP contribution in [0.4, 0.5) is 11.4 Å². The van der Waals surface area contributed by atoms with Gasteiger partial charge in [-0.05, 0) is 79.7 Å². The molecule has 2 aliphatic carbocycles. The number of nitrogens with zero attached hydrogens (tertiary/aromatic N) is 3. The van der Waals surface area contributed by atoms with Crippen LogP contribution in [0.2, 0.25) is 0 Å². The van der Waals surface area contributed by atoms with Crippen LogP contribution >= 0.6 is 0 Å². The number of hydrogen-bond acceptors (Lipinski definition) is 4. The standard InChI is InChI=1S/C27H37N5O2/c1-27(14-15-27)23(19-7-6-8-19)24(30-25(33)22-13-16-28-31(22)2)26(34)29-20-9-11-21(12-10-20)32-17-4-3-5-18-32/h9-13,16,19,23-24H,3-8,14-15,17-18H2,1-2H3,(H,29,34)(H,30,33)/t23?,24-/m0/s1. The summed E-state index contributed by atoms with van der Waals surface area (Å²) in [7, 11) is 1.75. The molecule has 2 amide bonds. The quantitative estimate of drug-likeness (QED) is 0.610. The summed E-state index contributed by atoms with van der Waals surface area (Å²) in [5, 5.41) is 10.4. The van der Waals surface area contributed by atoms with E-state index in [9.17, 15) is 9.59 Å². The Labute approximate surface area is 202 Å². The summed E-state index contributed by atoms with van der Waals surface area (Å²) in [6.45, 7) is 4.46. The molecule has 182 valence electrons. The fourth-order valence-electron chi connectivity index (χ4n) is 5.83. The van der Waals surface area contributed by atoms with Crippen LogP contribution in [0.25, 0.3) is 0 Å². The van der Waals surface area contributed by atoms with Crippen molar-refractivity contribution in [1.29, 1.82) is 0 Å². The van der Waals surface area contributed by atoms with E-state index in [-0.39, 0.29) is 23.1 Å². The molecule has 0 spiro atoms. The number of aryl methyl sites for hydroxylation is 1. The third-order valence-electron chi connectivity index (χ3n) is 8.34. The van der Waals surface area contributed by atoms with Gasteiger partial charge in [0.1, 0.15) is 11.7 Å². The van der Waals surface area contributed by atoms with E-state index in [0.717, 1.165) is 44.5 Å². The molecular formula is C27H37N5O2. The van der Waals surface area contributed by atoms with Crippen molar-refractivity contribution in [2.45, 2.75) is 64.3 Å². The summed E-state index contributed by atoms with van der Waals surface area (Å²) < 4.78 is 1.56. The maximum absolute atomic E-state index is 13.7. The molecule has 1 aliphatic heterocycles. The number of benzene rings is 1. The van der Waals surface area contributed by atoms with Crippen LogP contribution in [0, 0.1) is 17.3 Å². The lowest BCUT2D eigenvalue weighted by Crippen LogP contribution is -2.54. The molecule has 3 aliphatic rings. The van der Waals surface area contributed by atoms with E-state index in [1.807, 2.05) is 12.1 Å². The fourth-order valence-corrected chi connectivity index (χ4v) is 5.83. The van der Waals surface area contributed by atoms with E-state index >= 15 is 0 Å². The van der Waals surface area contributed by atoms with Gasteiger partial charge in [-0.3, -0.25) is 14.3 Å². The lowest BCUT2D eigenvalue weighted by Gasteiger charge is -2.42. The number of hydrogen-bond donors (Lipinski definition) is 2. The average molecular weight is 464 g/mol. The molecule has 2 aromatic rings. The summed E-state index contributed by atoms with van der Waals surface area (Å²) >= 11 is 0. The number of piperidine rings is 1. The van der Waals surface area contributed by atoms with Gasteiger partial charge in [0.05, 0.1) is 0 Å². The van der Waals surface area contributed by atoms with Crippen LogP contribution in [-0.2, 0) is 11.8 Å². The Balaban J connectivity index is 1.35. The molecule has 0 bridgehead atoms. The van der Waals surface area contributed by atoms with E-state index < -0.39 is 6.04 Å². The van der Waals surface area contributed by atoms with Gasteiger partial charge < -0.3 is 15.5 Å². The molecule has 2 heterocycles. The van der Waals surface area contributed by atoms with Gasteiger partial charge in [-0.15, -0.1) is 0 Å².